The maximum atomic E-state index is 6.32. The Morgan fingerprint density at radius 1 is 0.690 bits per heavy atom. The highest BCUT2D eigenvalue weighted by atomic mass is 16.5. The van der Waals surface area contributed by atoms with E-state index in [0.29, 0.717) is 0 Å². The minimum atomic E-state index is 0.155. The van der Waals surface area contributed by atoms with Crippen molar-refractivity contribution in [2.45, 2.75) is 0 Å². The standard InChI is InChI=1S/C25H15BN2O/c1-2-8-16(9-3-1)25-27-19-12-6-11-18-24(19)28(25)20-13-7-15-22-23(20)26(18)17-10-4-5-14-21(17)29-22/h1-15H. The van der Waals surface area contributed by atoms with Gasteiger partial charge in [-0.15, -0.1) is 0 Å². The number of para-hydroxylation sites is 2. The maximum absolute atomic E-state index is 6.32. The summed E-state index contributed by atoms with van der Waals surface area (Å²) >= 11 is 0. The molecule has 0 bridgehead atoms. The third-order valence-corrected chi connectivity index (χ3v) is 6.07. The molecule has 0 N–H and O–H groups in total. The van der Waals surface area contributed by atoms with E-state index in [4.69, 9.17) is 9.72 Å². The number of nitrogens with zero attached hydrogens (tertiary/aromatic N) is 2. The second kappa shape index (κ2) is 5.39. The number of hydrogen-bond acceptors (Lipinski definition) is 2. The van der Waals surface area contributed by atoms with Crippen molar-refractivity contribution in [3.8, 4) is 28.6 Å². The van der Waals surface area contributed by atoms with Gasteiger partial charge in [0.1, 0.15) is 17.3 Å². The Morgan fingerprint density at radius 3 is 2.38 bits per heavy atom. The lowest BCUT2D eigenvalue weighted by atomic mass is 9.34. The summed E-state index contributed by atoms with van der Waals surface area (Å²) in [4.78, 5) is 5.05. The minimum Gasteiger partial charge on any atom is -0.458 e. The Balaban J connectivity index is 1.66. The van der Waals surface area contributed by atoms with E-state index in [9.17, 15) is 0 Å². The second-order valence-electron chi connectivity index (χ2n) is 7.61. The fourth-order valence-corrected chi connectivity index (χ4v) is 4.92. The predicted molar refractivity (Wildman–Crippen MR) is 118 cm³/mol. The third-order valence-electron chi connectivity index (χ3n) is 6.07. The van der Waals surface area contributed by atoms with Gasteiger partial charge in [0.05, 0.1) is 11.0 Å². The SMILES string of the molecule is c1ccc(-c2nc3cccc4c3n2-c2cccc3c2B4c2ccccc2O3)cc1. The van der Waals surface area contributed by atoms with Gasteiger partial charge in [-0.3, -0.25) is 4.57 Å². The van der Waals surface area contributed by atoms with E-state index in [1.165, 1.54) is 21.9 Å². The van der Waals surface area contributed by atoms with E-state index in [1.807, 2.05) is 12.1 Å². The molecule has 5 aromatic rings. The van der Waals surface area contributed by atoms with E-state index < -0.39 is 0 Å². The summed E-state index contributed by atoms with van der Waals surface area (Å²) in [6.45, 7) is 0.155. The molecule has 0 atom stereocenters. The van der Waals surface area contributed by atoms with Crippen LogP contribution in [0.15, 0.2) is 91.0 Å². The largest absolute Gasteiger partial charge is 0.458 e. The summed E-state index contributed by atoms with van der Waals surface area (Å²) in [5.74, 6) is 2.84. The molecule has 0 radical (unpaired) electrons. The van der Waals surface area contributed by atoms with Gasteiger partial charge in [0.25, 0.3) is 6.71 Å². The minimum absolute atomic E-state index is 0.155. The quantitative estimate of drug-likeness (QED) is 0.413. The second-order valence-corrected chi connectivity index (χ2v) is 7.61. The normalized spacial score (nSPS) is 13.0. The Morgan fingerprint density at radius 2 is 1.45 bits per heavy atom. The number of rotatable bonds is 1. The van der Waals surface area contributed by atoms with Crippen LogP contribution in [0.3, 0.4) is 0 Å². The van der Waals surface area contributed by atoms with Crippen LogP contribution in [0.5, 0.6) is 11.5 Å². The van der Waals surface area contributed by atoms with Crippen LogP contribution in [-0.4, -0.2) is 16.3 Å². The lowest BCUT2D eigenvalue weighted by Gasteiger charge is -2.32. The molecule has 3 nitrogen and oxygen atoms in total. The summed E-state index contributed by atoms with van der Waals surface area (Å²) in [7, 11) is 0. The van der Waals surface area contributed by atoms with Gasteiger partial charge < -0.3 is 4.74 Å². The first kappa shape index (κ1) is 15.2. The molecule has 2 aliphatic heterocycles. The van der Waals surface area contributed by atoms with Crippen LogP contribution in [-0.2, 0) is 0 Å². The van der Waals surface area contributed by atoms with Gasteiger partial charge in [-0.05, 0) is 40.7 Å². The molecular formula is C25H15BN2O. The molecule has 4 heteroatoms. The van der Waals surface area contributed by atoms with Crippen molar-refractivity contribution in [3.05, 3.63) is 91.0 Å². The molecule has 0 saturated carbocycles. The monoisotopic (exact) mass is 370 g/mol. The van der Waals surface area contributed by atoms with Gasteiger partial charge >= 0.3 is 0 Å². The van der Waals surface area contributed by atoms with Gasteiger partial charge in [0, 0.05) is 11.3 Å². The summed E-state index contributed by atoms with van der Waals surface area (Å²) < 4.78 is 8.64. The summed E-state index contributed by atoms with van der Waals surface area (Å²) in [6, 6.07) is 31.6. The van der Waals surface area contributed by atoms with Crippen LogP contribution in [0, 0.1) is 0 Å². The molecule has 7 rings (SSSR count). The molecule has 0 fully saturated rings. The number of hydrogen-bond donors (Lipinski definition) is 0. The molecular weight excluding hydrogens is 355 g/mol. The van der Waals surface area contributed by atoms with Crippen LogP contribution < -0.4 is 21.1 Å². The molecule has 3 heterocycles. The third kappa shape index (κ3) is 1.90. The van der Waals surface area contributed by atoms with Crippen molar-refractivity contribution in [3.63, 3.8) is 0 Å². The summed E-state index contributed by atoms with van der Waals surface area (Å²) in [5.41, 5.74) is 8.21. The molecule has 4 aromatic carbocycles. The molecule has 0 unspecified atom stereocenters. The fraction of sp³-hybridized carbons (Fsp3) is 0. The highest BCUT2D eigenvalue weighted by molar-refractivity contribution is 6.99. The van der Waals surface area contributed by atoms with Crippen LogP contribution in [0.4, 0.5) is 0 Å². The van der Waals surface area contributed by atoms with Crippen LogP contribution in [0.25, 0.3) is 28.1 Å². The van der Waals surface area contributed by atoms with Crippen molar-refractivity contribution in [2.75, 3.05) is 0 Å². The number of imidazole rings is 1. The summed E-state index contributed by atoms with van der Waals surface area (Å²) in [6.07, 6.45) is 0. The first-order valence-corrected chi connectivity index (χ1v) is 9.87. The number of aromatic nitrogens is 2. The highest BCUT2D eigenvalue weighted by Gasteiger charge is 2.40. The number of benzene rings is 4. The molecule has 2 aliphatic rings. The number of ether oxygens (including phenoxy) is 1. The van der Waals surface area contributed by atoms with Crippen LogP contribution >= 0.6 is 0 Å². The Hall–Kier alpha value is -3.79. The average molecular weight is 370 g/mol. The fourth-order valence-electron chi connectivity index (χ4n) is 4.92. The molecule has 29 heavy (non-hydrogen) atoms. The van der Waals surface area contributed by atoms with E-state index in [2.05, 4.69) is 83.4 Å². The van der Waals surface area contributed by atoms with Gasteiger partial charge in [0.15, 0.2) is 0 Å². The topological polar surface area (TPSA) is 27.1 Å². The average Bonchev–Trinajstić information content (AvgIpc) is 3.18. The molecule has 0 amide bonds. The Bertz CT molecular complexity index is 1440. The Kier molecular flexibility index (Phi) is 2.82. The van der Waals surface area contributed by atoms with Crippen molar-refractivity contribution >= 4 is 34.1 Å². The van der Waals surface area contributed by atoms with Gasteiger partial charge in [-0.2, -0.15) is 0 Å². The molecule has 0 saturated heterocycles. The molecule has 0 spiro atoms. The first-order valence-electron chi connectivity index (χ1n) is 9.87. The van der Waals surface area contributed by atoms with Gasteiger partial charge in [-0.25, -0.2) is 4.98 Å². The van der Waals surface area contributed by atoms with Gasteiger partial charge in [-0.1, -0.05) is 66.7 Å². The Labute approximate surface area is 168 Å². The lowest BCUT2D eigenvalue weighted by molar-refractivity contribution is 0.487. The summed E-state index contributed by atoms with van der Waals surface area (Å²) in [5, 5.41) is 0. The first-order chi connectivity index (χ1) is 14.4. The van der Waals surface area contributed by atoms with E-state index in [-0.39, 0.29) is 6.71 Å². The van der Waals surface area contributed by atoms with Gasteiger partial charge in [0.2, 0.25) is 0 Å². The molecule has 0 aliphatic carbocycles. The highest BCUT2D eigenvalue weighted by Crippen LogP contribution is 2.34. The van der Waals surface area contributed by atoms with E-state index in [1.54, 1.807) is 0 Å². The van der Waals surface area contributed by atoms with Crippen molar-refractivity contribution in [2.24, 2.45) is 0 Å². The zero-order chi connectivity index (χ0) is 18.9. The van der Waals surface area contributed by atoms with Crippen LogP contribution in [0.2, 0.25) is 0 Å². The zero-order valence-electron chi connectivity index (χ0n) is 15.5. The molecule has 1 aromatic heterocycles. The number of fused-ring (bicyclic) bond motifs is 4. The maximum Gasteiger partial charge on any atom is 0.256 e. The molecule has 134 valence electrons. The van der Waals surface area contributed by atoms with E-state index in [0.717, 1.165) is 34.1 Å². The van der Waals surface area contributed by atoms with Crippen molar-refractivity contribution in [1.82, 2.24) is 9.55 Å². The van der Waals surface area contributed by atoms with E-state index >= 15 is 0 Å². The predicted octanol–water partition coefficient (Wildman–Crippen LogP) is 3.63. The van der Waals surface area contributed by atoms with Crippen molar-refractivity contribution < 1.29 is 4.74 Å². The lowest BCUT2D eigenvalue weighted by Crippen LogP contribution is -2.58. The van der Waals surface area contributed by atoms with Crippen LogP contribution in [0.1, 0.15) is 0 Å². The van der Waals surface area contributed by atoms with Crippen molar-refractivity contribution in [1.29, 1.82) is 0 Å². The smallest absolute Gasteiger partial charge is 0.256 e. The zero-order valence-corrected chi connectivity index (χ0v) is 15.5.